The quantitative estimate of drug-likeness (QED) is 0.375. The molecule has 4 N–H and O–H groups in total. The van der Waals surface area contributed by atoms with Crippen LogP contribution >= 0.6 is 0 Å². The maximum atomic E-state index is 9.50. The topological polar surface area (TPSA) is 91.7 Å². The summed E-state index contributed by atoms with van der Waals surface area (Å²) >= 11 is 0. The Morgan fingerprint density at radius 2 is 2.36 bits per heavy atom. The van der Waals surface area contributed by atoms with Crippen molar-refractivity contribution in [3.05, 3.63) is 23.8 Å². The minimum Gasteiger partial charge on any atom is -0.507 e. The van der Waals surface area contributed by atoms with Gasteiger partial charge in [-0.25, -0.2) is 0 Å². The highest BCUT2D eigenvalue weighted by atomic mass is 16.5. The average Bonchev–Trinajstić information content (AvgIpc) is 2.17. The van der Waals surface area contributed by atoms with Gasteiger partial charge in [0.2, 0.25) is 0 Å². The SMILES string of the molecule is COc1cccc(O)c1C(=N)/C=N\N. The molecule has 1 rings (SSSR count). The van der Waals surface area contributed by atoms with E-state index in [0.717, 1.165) is 6.21 Å². The van der Waals surface area contributed by atoms with Gasteiger partial charge in [-0.3, -0.25) is 5.41 Å². The van der Waals surface area contributed by atoms with Gasteiger partial charge in [0, 0.05) is 0 Å². The lowest BCUT2D eigenvalue weighted by Crippen LogP contribution is -2.05. The molecule has 5 nitrogen and oxygen atoms in total. The van der Waals surface area contributed by atoms with Crippen molar-refractivity contribution in [1.82, 2.24) is 0 Å². The Morgan fingerprint density at radius 1 is 1.64 bits per heavy atom. The zero-order chi connectivity index (χ0) is 10.6. The molecule has 0 aliphatic heterocycles. The summed E-state index contributed by atoms with van der Waals surface area (Å²) in [6, 6.07) is 4.75. The first-order chi connectivity index (χ1) is 6.70. The summed E-state index contributed by atoms with van der Waals surface area (Å²) in [7, 11) is 1.46. The van der Waals surface area contributed by atoms with Gasteiger partial charge in [-0.1, -0.05) is 6.07 Å². The molecule has 0 fully saturated rings. The first-order valence-electron chi connectivity index (χ1n) is 3.89. The van der Waals surface area contributed by atoms with E-state index in [1.54, 1.807) is 12.1 Å². The Hall–Kier alpha value is -2.04. The molecule has 0 aliphatic carbocycles. The Morgan fingerprint density at radius 3 is 2.93 bits per heavy atom. The highest BCUT2D eigenvalue weighted by Crippen LogP contribution is 2.26. The zero-order valence-corrected chi connectivity index (χ0v) is 7.69. The molecule has 74 valence electrons. The number of methoxy groups -OCH3 is 1. The third-order valence-corrected chi connectivity index (χ3v) is 1.70. The van der Waals surface area contributed by atoms with E-state index in [2.05, 4.69) is 5.10 Å². The van der Waals surface area contributed by atoms with Crippen LogP contribution in [0.4, 0.5) is 0 Å². The van der Waals surface area contributed by atoms with Crippen LogP contribution in [0.1, 0.15) is 5.56 Å². The molecule has 0 saturated carbocycles. The normalized spacial score (nSPS) is 10.4. The molecule has 1 aromatic carbocycles. The lowest BCUT2D eigenvalue weighted by molar-refractivity contribution is 0.406. The largest absolute Gasteiger partial charge is 0.507 e. The Balaban J connectivity index is 3.23. The van der Waals surface area contributed by atoms with Gasteiger partial charge in [-0.15, -0.1) is 0 Å². The smallest absolute Gasteiger partial charge is 0.132 e. The zero-order valence-electron chi connectivity index (χ0n) is 7.69. The molecule has 0 aliphatic rings. The van der Waals surface area contributed by atoms with Gasteiger partial charge in [-0.05, 0) is 12.1 Å². The number of ether oxygens (including phenoxy) is 1. The summed E-state index contributed by atoms with van der Waals surface area (Å²) in [5.41, 5.74) is 0.284. The second-order valence-electron chi connectivity index (χ2n) is 2.55. The van der Waals surface area contributed by atoms with E-state index in [0.29, 0.717) is 5.75 Å². The first kappa shape index (κ1) is 10.0. The number of benzene rings is 1. The van der Waals surface area contributed by atoms with Crippen molar-refractivity contribution in [2.24, 2.45) is 10.9 Å². The third-order valence-electron chi connectivity index (χ3n) is 1.70. The van der Waals surface area contributed by atoms with Crippen LogP contribution in [0.5, 0.6) is 11.5 Å². The molecule has 0 atom stereocenters. The second kappa shape index (κ2) is 4.27. The average molecular weight is 193 g/mol. The van der Waals surface area contributed by atoms with Crippen molar-refractivity contribution in [3.63, 3.8) is 0 Å². The molecule has 0 unspecified atom stereocenters. The van der Waals surface area contributed by atoms with Crippen molar-refractivity contribution in [1.29, 1.82) is 5.41 Å². The van der Waals surface area contributed by atoms with Crippen LogP contribution in [0.3, 0.4) is 0 Å². The molecular formula is C9H11N3O2. The number of aromatic hydroxyl groups is 1. The fourth-order valence-corrected chi connectivity index (χ4v) is 1.10. The standard InChI is InChI=1S/C9H11N3O2/c1-14-8-4-2-3-7(13)9(8)6(10)5-12-11/h2-5,10,13H,11H2,1H3/b10-6?,12-5-. The van der Waals surface area contributed by atoms with E-state index < -0.39 is 0 Å². The minimum absolute atomic E-state index is 0.00227. The number of nitrogens with one attached hydrogen (secondary N) is 1. The fraction of sp³-hybridized carbons (Fsp3) is 0.111. The summed E-state index contributed by atoms with van der Waals surface area (Å²) in [6.07, 6.45) is 1.14. The van der Waals surface area contributed by atoms with Crippen molar-refractivity contribution in [2.75, 3.05) is 7.11 Å². The molecular weight excluding hydrogens is 182 g/mol. The van der Waals surface area contributed by atoms with Gasteiger partial charge in [0.1, 0.15) is 11.5 Å². The number of hydrazone groups is 1. The molecule has 0 bridgehead atoms. The Kier molecular flexibility index (Phi) is 3.06. The predicted molar refractivity (Wildman–Crippen MR) is 54.2 cm³/mol. The number of hydrogen-bond donors (Lipinski definition) is 3. The summed E-state index contributed by atoms with van der Waals surface area (Å²) < 4.78 is 4.99. The number of nitrogens with two attached hydrogens (primary N) is 1. The number of hydrogen-bond acceptors (Lipinski definition) is 5. The number of rotatable bonds is 3. The molecule has 0 saturated heterocycles. The van der Waals surface area contributed by atoms with E-state index in [9.17, 15) is 5.11 Å². The molecule has 14 heavy (non-hydrogen) atoms. The van der Waals surface area contributed by atoms with Crippen molar-refractivity contribution < 1.29 is 9.84 Å². The maximum absolute atomic E-state index is 9.50. The van der Waals surface area contributed by atoms with Crippen LogP contribution in [0, 0.1) is 5.41 Å². The van der Waals surface area contributed by atoms with Crippen LogP contribution in [-0.4, -0.2) is 24.1 Å². The van der Waals surface area contributed by atoms with Gasteiger partial charge in [-0.2, -0.15) is 5.10 Å². The lowest BCUT2D eigenvalue weighted by Gasteiger charge is -2.08. The highest BCUT2D eigenvalue weighted by Gasteiger charge is 2.11. The summed E-state index contributed by atoms with van der Waals surface area (Å²) in [4.78, 5) is 0. The maximum Gasteiger partial charge on any atom is 0.132 e. The van der Waals surface area contributed by atoms with Gasteiger partial charge in [0.15, 0.2) is 0 Å². The van der Waals surface area contributed by atoms with Gasteiger partial charge < -0.3 is 15.7 Å². The number of phenols is 1. The van der Waals surface area contributed by atoms with Crippen LogP contribution in [0.2, 0.25) is 0 Å². The monoisotopic (exact) mass is 193 g/mol. The van der Waals surface area contributed by atoms with E-state index in [1.807, 2.05) is 0 Å². The molecule has 0 heterocycles. The minimum atomic E-state index is -0.0331. The molecule has 0 aromatic heterocycles. The summed E-state index contributed by atoms with van der Waals surface area (Å²) in [5, 5.41) is 20.3. The van der Waals surface area contributed by atoms with Crippen LogP contribution in [0.25, 0.3) is 0 Å². The second-order valence-corrected chi connectivity index (χ2v) is 2.55. The van der Waals surface area contributed by atoms with Gasteiger partial charge in [0.25, 0.3) is 0 Å². The Labute approximate surface area is 81.3 Å². The van der Waals surface area contributed by atoms with Crippen LogP contribution in [0.15, 0.2) is 23.3 Å². The highest BCUT2D eigenvalue weighted by molar-refractivity contribution is 6.38. The van der Waals surface area contributed by atoms with E-state index in [1.165, 1.54) is 13.2 Å². The van der Waals surface area contributed by atoms with Crippen molar-refractivity contribution >= 4 is 11.9 Å². The molecule has 1 aromatic rings. The van der Waals surface area contributed by atoms with E-state index in [-0.39, 0.29) is 17.0 Å². The van der Waals surface area contributed by atoms with Crippen LogP contribution in [-0.2, 0) is 0 Å². The fourth-order valence-electron chi connectivity index (χ4n) is 1.10. The third kappa shape index (κ3) is 1.82. The number of nitrogens with zero attached hydrogens (tertiary/aromatic N) is 1. The lowest BCUT2D eigenvalue weighted by atomic mass is 10.1. The molecule has 0 radical (unpaired) electrons. The van der Waals surface area contributed by atoms with Crippen molar-refractivity contribution in [2.45, 2.75) is 0 Å². The Bertz CT molecular complexity index is 374. The van der Waals surface area contributed by atoms with Gasteiger partial charge >= 0.3 is 0 Å². The van der Waals surface area contributed by atoms with Crippen molar-refractivity contribution in [3.8, 4) is 11.5 Å². The van der Waals surface area contributed by atoms with Crippen LogP contribution < -0.4 is 10.6 Å². The van der Waals surface area contributed by atoms with E-state index >= 15 is 0 Å². The molecule has 0 spiro atoms. The van der Waals surface area contributed by atoms with E-state index in [4.69, 9.17) is 16.0 Å². The predicted octanol–water partition coefficient (Wildman–Crippen LogP) is 0.713. The first-order valence-corrected chi connectivity index (χ1v) is 3.89. The summed E-state index contributed by atoms with van der Waals surface area (Å²) in [5.74, 6) is 5.29. The molecule has 5 heteroatoms. The molecule has 0 amide bonds. The van der Waals surface area contributed by atoms with Gasteiger partial charge in [0.05, 0.1) is 24.6 Å². The number of phenolic OH excluding ortho intramolecular Hbond substituents is 1. The summed E-state index contributed by atoms with van der Waals surface area (Å²) in [6.45, 7) is 0.